The van der Waals surface area contributed by atoms with Crippen LogP contribution in [0.2, 0.25) is 0 Å². The second kappa shape index (κ2) is 6.82. The highest BCUT2D eigenvalue weighted by Crippen LogP contribution is 2.42. The van der Waals surface area contributed by atoms with Gasteiger partial charge in [-0.15, -0.1) is 0 Å². The second-order valence-corrected chi connectivity index (χ2v) is 8.04. The van der Waals surface area contributed by atoms with Gasteiger partial charge in [-0.3, -0.25) is 0 Å². The summed E-state index contributed by atoms with van der Waals surface area (Å²) in [6.07, 6.45) is 5.04. The van der Waals surface area contributed by atoms with Crippen LogP contribution in [0.1, 0.15) is 46.5 Å². The van der Waals surface area contributed by atoms with E-state index < -0.39 is 0 Å². The molecule has 2 aliphatic rings. The quantitative estimate of drug-likeness (QED) is 0.853. The van der Waals surface area contributed by atoms with Crippen LogP contribution in [0.15, 0.2) is 0 Å². The molecule has 0 aromatic rings. The molecule has 0 radical (unpaired) electrons. The molecule has 2 nitrogen and oxygen atoms in total. The summed E-state index contributed by atoms with van der Waals surface area (Å²) in [6, 6.07) is 0.648. The molecule has 0 aliphatic carbocycles. The molecule has 0 aromatic heterocycles. The Morgan fingerprint density at radius 3 is 2.47 bits per heavy atom. The topological polar surface area (TPSA) is 21.3 Å². The highest BCUT2D eigenvalue weighted by Gasteiger charge is 2.41. The summed E-state index contributed by atoms with van der Waals surface area (Å²) in [7, 11) is 2.14. The zero-order chi connectivity index (χ0) is 13.9. The lowest BCUT2D eigenvalue weighted by atomic mass is 9.73. The van der Waals surface area contributed by atoms with Gasteiger partial charge in [0.1, 0.15) is 0 Å². The minimum absolute atomic E-state index is 0.222. The summed E-state index contributed by atoms with van der Waals surface area (Å²) in [5, 5.41) is 3.61. The number of rotatable bonds is 4. The number of ether oxygens (including phenoxy) is 1. The van der Waals surface area contributed by atoms with Crippen LogP contribution in [0.3, 0.4) is 0 Å². The Morgan fingerprint density at radius 1 is 1.21 bits per heavy atom. The number of thioether (sulfide) groups is 1. The predicted octanol–water partition coefficient (Wildman–Crippen LogP) is 3.56. The van der Waals surface area contributed by atoms with Crippen LogP contribution in [-0.2, 0) is 4.74 Å². The fourth-order valence-corrected chi connectivity index (χ4v) is 5.04. The Bertz CT molecular complexity index is 270. The van der Waals surface area contributed by atoms with Crippen LogP contribution in [-0.4, -0.2) is 36.8 Å². The van der Waals surface area contributed by atoms with Crippen molar-refractivity contribution in [2.45, 2.75) is 58.1 Å². The summed E-state index contributed by atoms with van der Waals surface area (Å²) in [4.78, 5) is 0. The normalized spacial score (nSPS) is 30.5. The molecule has 0 saturated carbocycles. The monoisotopic (exact) mass is 285 g/mol. The van der Waals surface area contributed by atoms with E-state index in [2.05, 4.69) is 44.9 Å². The van der Waals surface area contributed by atoms with E-state index in [0.29, 0.717) is 6.04 Å². The van der Waals surface area contributed by atoms with Gasteiger partial charge in [-0.2, -0.15) is 11.8 Å². The third-order valence-corrected chi connectivity index (χ3v) is 6.38. The molecule has 3 unspecified atom stereocenters. The Hall–Kier alpha value is 0.270. The molecule has 19 heavy (non-hydrogen) atoms. The van der Waals surface area contributed by atoms with Gasteiger partial charge in [0.05, 0.1) is 5.60 Å². The van der Waals surface area contributed by atoms with E-state index in [0.717, 1.165) is 24.4 Å². The first-order valence-electron chi connectivity index (χ1n) is 7.97. The summed E-state index contributed by atoms with van der Waals surface area (Å²) in [5.74, 6) is 4.85. The first kappa shape index (κ1) is 15.7. The Kier molecular flexibility index (Phi) is 5.62. The zero-order valence-electron chi connectivity index (χ0n) is 13.1. The van der Waals surface area contributed by atoms with Crippen LogP contribution < -0.4 is 5.32 Å². The molecule has 0 bridgehead atoms. The highest BCUT2D eigenvalue weighted by molar-refractivity contribution is 7.99. The van der Waals surface area contributed by atoms with Gasteiger partial charge in [-0.1, -0.05) is 20.8 Å². The third-order valence-electron chi connectivity index (χ3n) is 5.39. The van der Waals surface area contributed by atoms with Crippen LogP contribution in [0.25, 0.3) is 0 Å². The van der Waals surface area contributed by atoms with Gasteiger partial charge >= 0.3 is 0 Å². The number of hydrogen-bond acceptors (Lipinski definition) is 3. The van der Waals surface area contributed by atoms with Gasteiger partial charge in [0.25, 0.3) is 0 Å². The molecule has 2 saturated heterocycles. The van der Waals surface area contributed by atoms with Gasteiger partial charge < -0.3 is 10.1 Å². The highest BCUT2D eigenvalue weighted by atomic mass is 32.2. The van der Waals surface area contributed by atoms with E-state index >= 15 is 0 Å². The molecule has 0 aromatic carbocycles. The van der Waals surface area contributed by atoms with Crippen LogP contribution in [0, 0.1) is 17.8 Å². The largest absolute Gasteiger partial charge is 0.375 e. The Morgan fingerprint density at radius 2 is 1.89 bits per heavy atom. The molecule has 1 spiro atoms. The van der Waals surface area contributed by atoms with Crippen molar-refractivity contribution in [1.82, 2.24) is 5.32 Å². The van der Waals surface area contributed by atoms with Gasteiger partial charge in [-0.05, 0) is 62.0 Å². The van der Waals surface area contributed by atoms with Crippen LogP contribution >= 0.6 is 11.8 Å². The number of hydrogen-bond donors (Lipinski definition) is 1. The number of nitrogens with one attached hydrogen (secondary N) is 1. The summed E-state index contributed by atoms with van der Waals surface area (Å²) >= 11 is 2.09. The molecule has 112 valence electrons. The molecule has 3 atom stereocenters. The maximum Gasteiger partial charge on any atom is 0.0701 e. The molecule has 3 heteroatoms. The minimum Gasteiger partial charge on any atom is -0.375 e. The Balaban J connectivity index is 2.02. The summed E-state index contributed by atoms with van der Waals surface area (Å²) in [5.41, 5.74) is 0.222. The van der Waals surface area contributed by atoms with Gasteiger partial charge in [0, 0.05) is 12.6 Å². The standard InChI is InChI=1S/C16H31NOS/c1-12(2)13(3)15(17-4)14-5-8-18-16(11-14)6-9-19-10-7-16/h12-15,17H,5-11H2,1-4H3. The van der Waals surface area contributed by atoms with E-state index in [1.807, 2.05) is 0 Å². The lowest BCUT2D eigenvalue weighted by molar-refractivity contribution is -0.110. The second-order valence-electron chi connectivity index (χ2n) is 6.81. The maximum atomic E-state index is 6.23. The van der Waals surface area contributed by atoms with Crippen molar-refractivity contribution in [3.63, 3.8) is 0 Å². The van der Waals surface area contributed by atoms with Crippen molar-refractivity contribution < 1.29 is 4.74 Å². The van der Waals surface area contributed by atoms with Crippen LogP contribution in [0.4, 0.5) is 0 Å². The van der Waals surface area contributed by atoms with E-state index in [4.69, 9.17) is 4.74 Å². The van der Waals surface area contributed by atoms with Gasteiger partial charge in [0.2, 0.25) is 0 Å². The fourth-order valence-electron chi connectivity index (χ4n) is 3.81. The van der Waals surface area contributed by atoms with Crippen molar-refractivity contribution in [3.05, 3.63) is 0 Å². The zero-order valence-corrected chi connectivity index (χ0v) is 13.9. The van der Waals surface area contributed by atoms with E-state index in [9.17, 15) is 0 Å². The predicted molar refractivity (Wildman–Crippen MR) is 84.8 cm³/mol. The lowest BCUT2D eigenvalue weighted by Crippen LogP contribution is -2.50. The van der Waals surface area contributed by atoms with Crippen molar-refractivity contribution in [1.29, 1.82) is 0 Å². The van der Waals surface area contributed by atoms with Gasteiger partial charge in [-0.25, -0.2) is 0 Å². The lowest BCUT2D eigenvalue weighted by Gasteiger charge is -2.46. The molecule has 2 aliphatic heterocycles. The average Bonchev–Trinajstić information content (AvgIpc) is 2.40. The summed E-state index contributed by atoms with van der Waals surface area (Å²) < 4.78 is 6.23. The molecule has 2 rings (SSSR count). The van der Waals surface area contributed by atoms with Crippen molar-refractivity contribution in [2.24, 2.45) is 17.8 Å². The van der Waals surface area contributed by atoms with E-state index in [-0.39, 0.29) is 5.60 Å². The van der Waals surface area contributed by atoms with E-state index in [1.54, 1.807) is 0 Å². The molecule has 2 heterocycles. The van der Waals surface area contributed by atoms with Crippen LogP contribution in [0.5, 0.6) is 0 Å². The SMILES string of the molecule is CNC(C1CCOC2(CCSCC2)C1)C(C)C(C)C. The smallest absolute Gasteiger partial charge is 0.0701 e. The molecule has 0 amide bonds. The first-order valence-corrected chi connectivity index (χ1v) is 9.12. The van der Waals surface area contributed by atoms with E-state index in [1.165, 1.54) is 37.2 Å². The molecular formula is C16H31NOS. The van der Waals surface area contributed by atoms with Crippen molar-refractivity contribution >= 4 is 11.8 Å². The minimum atomic E-state index is 0.222. The van der Waals surface area contributed by atoms with Crippen molar-refractivity contribution in [3.8, 4) is 0 Å². The molecule has 2 fully saturated rings. The average molecular weight is 285 g/mol. The third kappa shape index (κ3) is 3.68. The molecule has 1 N–H and O–H groups in total. The van der Waals surface area contributed by atoms with Gasteiger partial charge in [0.15, 0.2) is 0 Å². The fraction of sp³-hybridized carbons (Fsp3) is 1.00. The first-order chi connectivity index (χ1) is 9.08. The van der Waals surface area contributed by atoms with Crippen molar-refractivity contribution in [2.75, 3.05) is 25.2 Å². The molecular weight excluding hydrogens is 254 g/mol. The summed E-state index contributed by atoms with van der Waals surface area (Å²) in [6.45, 7) is 8.08. The maximum absolute atomic E-state index is 6.23. The Labute approximate surface area is 123 Å².